The summed E-state index contributed by atoms with van der Waals surface area (Å²) in [6.07, 6.45) is 8.52. The van der Waals surface area contributed by atoms with E-state index in [9.17, 15) is 29.1 Å². The number of allylic oxidation sites excluding steroid dienone is 1. The van der Waals surface area contributed by atoms with Crippen LogP contribution in [0.3, 0.4) is 0 Å². The van der Waals surface area contributed by atoms with Crippen LogP contribution in [0.15, 0.2) is 192 Å². The second-order valence-corrected chi connectivity index (χ2v) is 26.0. The summed E-state index contributed by atoms with van der Waals surface area (Å²) in [5, 5.41) is 18.8. The Labute approximate surface area is 498 Å². The van der Waals surface area contributed by atoms with Crippen molar-refractivity contribution in [2.24, 2.45) is 4.99 Å². The van der Waals surface area contributed by atoms with Gasteiger partial charge in [-0.05, 0) is 102 Å². The molecule has 0 saturated carbocycles. The molecule has 0 unspecified atom stereocenters. The smallest absolute Gasteiger partial charge is 0.280 e. The van der Waals surface area contributed by atoms with E-state index in [1.807, 2.05) is 94.3 Å². The minimum Gasteiger partial charge on any atom is -0.494 e. The number of rotatable bonds is 15. The molecular formula is C57H43Br3N6O6S6. The molecule has 0 atom stereocenters. The predicted molar refractivity (Wildman–Crippen MR) is 332 cm³/mol. The summed E-state index contributed by atoms with van der Waals surface area (Å²) in [6.45, 7) is 19.9. The van der Waals surface area contributed by atoms with Gasteiger partial charge in [-0.3, -0.25) is 24.0 Å². The van der Waals surface area contributed by atoms with Gasteiger partial charge in [0.25, 0.3) is 29.5 Å². The molecule has 12 rings (SSSR count). The lowest BCUT2D eigenvalue weighted by Crippen LogP contribution is -2.29. The highest BCUT2D eigenvalue weighted by Gasteiger charge is 2.50. The standard InChI is InChI=1S/C20H14Br2N2O2S2.C20H16N2O2S2.C14H8N2O2S2.C3H5Br/c1-3-9-23-17(11-5-7-13(21)27-11)15-16(19(23)25)18(12-6-8-14(22)28-12)24(10-4-2)20(15)26;1-3-9-21-17(13-7-5-11-25-13)15-16(19(21)23)18(14-8-6-12-26-14)22(10-4-2)20(15)24;17-13-9-10(12(16-13)8-4-2-6-20-8)14(18)15-11(9)7-3-1-5-19-7;1-2-3-4/h3-8H,1-2,9-10H2;3-8,11-12H,1-2,9-10H2;1-6,15,18H;2H,1,3H2. The zero-order valence-corrected chi connectivity index (χ0v) is 50.7. The molecule has 0 bridgehead atoms. The van der Waals surface area contributed by atoms with Crippen LogP contribution < -0.4 is 0 Å². The number of alkyl halides is 1. The molecule has 12 nitrogen and oxygen atoms in total. The van der Waals surface area contributed by atoms with Crippen molar-refractivity contribution in [3.8, 4) is 16.5 Å². The number of hydrogen-bond donors (Lipinski definition) is 2. The van der Waals surface area contributed by atoms with Gasteiger partial charge in [0.15, 0.2) is 5.88 Å². The second kappa shape index (κ2) is 24.7. The van der Waals surface area contributed by atoms with Crippen molar-refractivity contribution in [2.75, 3.05) is 31.5 Å². The average Bonchev–Trinajstić information content (AvgIpc) is 4.45. The molecule has 0 saturated heterocycles. The van der Waals surface area contributed by atoms with Crippen LogP contribution in [0.25, 0.3) is 33.4 Å². The van der Waals surface area contributed by atoms with Gasteiger partial charge in [-0.2, -0.15) is 0 Å². The molecule has 2 N–H and O–H groups in total. The maximum Gasteiger partial charge on any atom is 0.280 e. The fourth-order valence-corrected chi connectivity index (χ4v) is 15.0. The zero-order chi connectivity index (χ0) is 55.4. The SMILES string of the molecule is C=CCBr.C=CCN1C(=O)C2=C(c3ccc(Br)s3)N(CC=C)C(=O)C2=C1c1ccc(Br)s1.C=CCN1C(=O)C2=C(c3cccs3)N(CC=C)C(=O)C2=C1c1cccs1.O=C1N=C(c2cccs2)c2c(O)[nH]c(-c3cccs3)c21. The molecule has 0 radical (unpaired) electrons. The zero-order valence-electron chi connectivity index (χ0n) is 41.0. The summed E-state index contributed by atoms with van der Waals surface area (Å²) < 4.78 is 1.88. The lowest BCUT2D eigenvalue weighted by atomic mass is 10.1. The fourth-order valence-electron chi connectivity index (χ4n) is 9.08. The third-order valence-electron chi connectivity index (χ3n) is 12.0. The van der Waals surface area contributed by atoms with E-state index >= 15 is 0 Å². The summed E-state index contributed by atoms with van der Waals surface area (Å²) in [6, 6.07) is 23.0. The summed E-state index contributed by atoms with van der Waals surface area (Å²) in [5.74, 6) is -0.939. The van der Waals surface area contributed by atoms with E-state index in [-0.39, 0.29) is 35.4 Å². The number of H-pyrrole nitrogens is 1. The fraction of sp³-hybridized carbons (Fsp3) is 0.0877. The summed E-state index contributed by atoms with van der Waals surface area (Å²) in [7, 11) is 0. The Kier molecular flexibility index (Phi) is 17.9. The Morgan fingerprint density at radius 2 is 0.833 bits per heavy atom. The monoisotopic (exact) mass is 1340 g/mol. The number of nitrogens with one attached hydrogen (secondary N) is 1. The number of aliphatic imine (C=N–C) groups is 1. The first kappa shape index (κ1) is 56.3. The van der Waals surface area contributed by atoms with Gasteiger partial charge in [0.05, 0.1) is 104 Å². The highest BCUT2D eigenvalue weighted by atomic mass is 79.9. The maximum absolute atomic E-state index is 13.4. The molecule has 0 fully saturated rings. The quantitative estimate of drug-likeness (QED) is 0.0772. The maximum atomic E-state index is 13.4. The van der Waals surface area contributed by atoms with Crippen LogP contribution in [-0.2, 0) is 19.2 Å². The van der Waals surface area contributed by atoms with Crippen LogP contribution in [0.1, 0.15) is 40.3 Å². The van der Waals surface area contributed by atoms with E-state index in [4.69, 9.17) is 0 Å². The molecule has 5 aliphatic heterocycles. The lowest BCUT2D eigenvalue weighted by molar-refractivity contribution is -0.123. The summed E-state index contributed by atoms with van der Waals surface area (Å²) >= 11 is 19.1. The minimum atomic E-state index is -0.302. The van der Waals surface area contributed by atoms with Crippen LogP contribution in [0.2, 0.25) is 0 Å². The second-order valence-electron chi connectivity index (χ2n) is 16.6. The van der Waals surface area contributed by atoms with Gasteiger partial charge in [0.2, 0.25) is 0 Å². The Morgan fingerprint density at radius 3 is 1.14 bits per heavy atom. The van der Waals surface area contributed by atoms with E-state index in [0.29, 0.717) is 93.8 Å². The van der Waals surface area contributed by atoms with Crippen LogP contribution in [0, 0.1) is 0 Å². The number of hydrogen-bond acceptors (Lipinski definition) is 12. The highest BCUT2D eigenvalue weighted by molar-refractivity contribution is 9.11. The molecule has 5 amide bonds. The molecular weight excluding hydrogens is 1300 g/mol. The van der Waals surface area contributed by atoms with Gasteiger partial charge in [-0.25, -0.2) is 4.99 Å². The third-order valence-corrected chi connectivity index (χ3v) is 19.2. The number of aromatic nitrogens is 1. The van der Waals surface area contributed by atoms with Crippen molar-refractivity contribution in [1.29, 1.82) is 0 Å². The first-order valence-corrected chi connectivity index (χ1v) is 31.3. The number of carbonyl (C=O) groups excluding carboxylic acids is 5. The van der Waals surface area contributed by atoms with Crippen LogP contribution >= 0.6 is 116 Å². The van der Waals surface area contributed by atoms with Crippen molar-refractivity contribution >= 4 is 174 Å². The van der Waals surface area contributed by atoms with E-state index in [1.54, 1.807) is 50.0 Å². The number of fused-ring (bicyclic) bond motifs is 3. The molecule has 0 spiro atoms. The first-order chi connectivity index (χ1) is 37.8. The molecule has 7 aromatic rings. The number of carbonyl (C=O) groups is 5. The van der Waals surface area contributed by atoms with Gasteiger partial charge in [-0.1, -0.05) is 70.6 Å². The minimum absolute atomic E-state index is 0.00130. The molecule has 0 aliphatic carbocycles. The van der Waals surface area contributed by atoms with Crippen LogP contribution in [-0.4, -0.2) is 96.4 Å². The van der Waals surface area contributed by atoms with Crippen molar-refractivity contribution < 1.29 is 29.1 Å². The molecule has 5 aliphatic rings. The number of aromatic hydroxyl groups is 1. The van der Waals surface area contributed by atoms with E-state index < -0.39 is 0 Å². The number of amides is 5. The van der Waals surface area contributed by atoms with Gasteiger partial charge in [0.1, 0.15) is 0 Å². The molecule has 394 valence electrons. The van der Waals surface area contributed by atoms with Crippen LogP contribution in [0.5, 0.6) is 5.88 Å². The Morgan fingerprint density at radius 1 is 0.487 bits per heavy atom. The predicted octanol–water partition coefficient (Wildman–Crippen LogP) is 14.6. The summed E-state index contributed by atoms with van der Waals surface area (Å²) in [5.41, 5.74) is 6.76. The largest absolute Gasteiger partial charge is 0.494 e. The van der Waals surface area contributed by atoms with E-state index in [1.165, 1.54) is 68.0 Å². The van der Waals surface area contributed by atoms with Gasteiger partial charge >= 0.3 is 0 Å². The number of aromatic amines is 1. The molecule has 0 aromatic carbocycles. The van der Waals surface area contributed by atoms with E-state index in [2.05, 4.69) is 90.7 Å². The van der Waals surface area contributed by atoms with Crippen molar-refractivity contribution in [1.82, 2.24) is 24.6 Å². The normalized spacial score (nSPS) is 15.3. The molecule has 7 aromatic heterocycles. The van der Waals surface area contributed by atoms with Crippen molar-refractivity contribution in [2.45, 2.75) is 0 Å². The number of nitrogens with zero attached hydrogens (tertiary/aromatic N) is 5. The van der Waals surface area contributed by atoms with Gasteiger partial charge in [-0.15, -0.1) is 101 Å². The topological polar surface area (TPSA) is 147 Å². The Hall–Kier alpha value is -6.40. The molecule has 21 heteroatoms. The number of halogens is 3. The average molecular weight is 1340 g/mol. The Bertz CT molecular complexity index is 3550. The molecule has 12 heterocycles. The third kappa shape index (κ3) is 10.5. The van der Waals surface area contributed by atoms with Crippen molar-refractivity contribution in [3.63, 3.8) is 0 Å². The lowest BCUT2D eigenvalue weighted by Gasteiger charge is -2.22. The summed E-state index contributed by atoms with van der Waals surface area (Å²) in [4.78, 5) is 84.5. The number of thiophene rings is 6. The van der Waals surface area contributed by atoms with Crippen molar-refractivity contribution in [3.05, 3.63) is 223 Å². The first-order valence-electron chi connectivity index (χ1n) is 23.4. The molecule has 78 heavy (non-hydrogen) atoms. The van der Waals surface area contributed by atoms with Gasteiger partial charge < -0.3 is 29.7 Å². The Balaban J connectivity index is 0.000000139. The van der Waals surface area contributed by atoms with Gasteiger partial charge in [0, 0.05) is 31.5 Å². The highest BCUT2D eigenvalue weighted by Crippen LogP contribution is 2.50. The van der Waals surface area contributed by atoms with E-state index in [0.717, 1.165) is 42.2 Å². The van der Waals surface area contributed by atoms with Crippen LogP contribution in [0.4, 0.5) is 0 Å².